The normalized spacial score (nSPS) is 50.7. The molecule has 0 aromatic heterocycles. The highest BCUT2D eigenvalue weighted by Gasteiger charge is 2.65. The van der Waals surface area contributed by atoms with Crippen molar-refractivity contribution in [1.29, 1.82) is 0 Å². The lowest BCUT2D eigenvalue weighted by Gasteiger charge is -2.57. The molecule has 0 aliphatic heterocycles. The zero-order valence-electron chi connectivity index (χ0n) is 19.2. The van der Waals surface area contributed by atoms with E-state index in [0.29, 0.717) is 17.6 Å². The van der Waals surface area contributed by atoms with Crippen molar-refractivity contribution in [2.75, 3.05) is 14.2 Å². The van der Waals surface area contributed by atoms with Crippen LogP contribution < -0.4 is 0 Å². The van der Waals surface area contributed by atoms with E-state index in [2.05, 4.69) is 0 Å². The zero-order chi connectivity index (χ0) is 19.8. The molecule has 2 heteroatoms. The van der Waals surface area contributed by atoms with Gasteiger partial charge in [0.05, 0.1) is 12.2 Å². The fourth-order valence-electron chi connectivity index (χ4n) is 10.0. The third-order valence-electron chi connectivity index (χ3n) is 10.9. The molecule has 0 bridgehead atoms. The second-order valence-electron chi connectivity index (χ2n) is 11.5. The second-order valence-corrected chi connectivity index (χ2v) is 11.5. The first-order valence-electron chi connectivity index (χ1n) is 13.3. The first kappa shape index (κ1) is 20.8. The second kappa shape index (κ2) is 8.81. The molecule has 5 aliphatic carbocycles. The van der Waals surface area contributed by atoms with Crippen LogP contribution in [0.2, 0.25) is 0 Å². The number of hydrogen-bond donors (Lipinski definition) is 0. The summed E-state index contributed by atoms with van der Waals surface area (Å²) in [5.41, 5.74) is 0.674. The molecule has 0 N–H and O–H groups in total. The summed E-state index contributed by atoms with van der Waals surface area (Å²) < 4.78 is 11.6. The van der Waals surface area contributed by atoms with Crippen LogP contribution in [0.3, 0.4) is 0 Å². The van der Waals surface area contributed by atoms with Crippen LogP contribution in [-0.2, 0) is 9.47 Å². The molecule has 0 aromatic carbocycles. The Labute approximate surface area is 179 Å². The zero-order valence-corrected chi connectivity index (χ0v) is 19.2. The Morgan fingerprint density at radius 2 is 0.862 bits per heavy atom. The number of ether oxygens (including phenoxy) is 2. The van der Waals surface area contributed by atoms with Gasteiger partial charge in [0.25, 0.3) is 0 Å². The van der Waals surface area contributed by atoms with E-state index in [4.69, 9.17) is 9.47 Å². The summed E-state index contributed by atoms with van der Waals surface area (Å²) in [6.07, 6.45) is 24.5. The monoisotopic (exact) mass is 402 g/mol. The summed E-state index contributed by atoms with van der Waals surface area (Å²) in [6.45, 7) is 0. The van der Waals surface area contributed by atoms with E-state index in [-0.39, 0.29) is 0 Å². The molecule has 4 atom stereocenters. The van der Waals surface area contributed by atoms with E-state index in [1.807, 2.05) is 14.2 Å². The van der Waals surface area contributed by atoms with Gasteiger partial charge >= 0.3 is 0 Å². The Balaban J connectivity index is 1.50. The van der Waals surface area contributed by atoms with Gasteiger partial charge in [0.1, 0.15) is 0 Å². The molecular weight excluding hydrogens is 356 g/mol. The minimum Gasteiger partial charge on any atom is -0.381 e. The van der Waals surface area contributed by atoms with Crippen LogP contribution in [0.15, 0.2) is 0 Å². The summed E-state index contributed by atoms with van der Waals surface area (Å²) >= 11 is 0. The predicted molar refractivity (Wildman–Crippen MR) is 119 cm³/mol. The van der Waals surface area contributed by atoms with E-state index in [1.54, 1.807) is 25.7 Å². The van der Waals surface area contributed by atoms with Gasteiger partial charge in [-0.3, -0.25) is 0 Å². The summed E-state index contributed by atoms with van der Waals surface area (Å²) in [7, 11) is 3.88. The van der Waals surface area contributed by atoms with Gasteiger partial charge in [0.2, 0.25) is 0 Å². The molecule has 0 radical (unpaired) electrons. The van der Waals surface area contributed by atoms with Gasteiger partial charge in [0.15, 0.2) is 0 Å². The van der Waals surface area contributed by atoms with Crippen LogP contribution >= 0.6 is 0 Å². The highest BCUT2D eigenvalue weighted by Crippen LogP contribution is 2.71. The van der Waals surface area contributed by atoms with Crippen molar-refractivity contribution in [3.8, 4) is 0 Å². The van der Waals surface area contributed by atoms with Crippen molar-refractivity contribution in [2.24, 2.45) is 40.9 Å². The molecule has 29 heavy (non-hydrogen) atoms. The summed E-state index contributed by atoms with van der Waals surface area (Å²) in [5.74, 6) is 6.23. The van der Waals surface area contributed by atoms with Crippen molar-refractivity contribution in [3.05, 3.63) is 0 Å². The number of hydrogen-bond acceptors (Lipinski definition) is 2. The van der Waals surface area contributed by atoms with Gasteiger partial charge in [0, 0.05) is 14.2 Å². The molecule has 0 saturated heterocycles. The fraction of sp³-hybridized carbons (Fsp3) is 1.00. The fourth-order valence-corrected chi connectivity index (χ4v) is 10.0. The Morgan fingerprint density at radius 3 is 1.24 bits per heavy atom. The average Bonchev–Trinajstić information content (AvgIpc) is 3.11. The smallest absolute Gasteiger partial charge is 0.0571 e. The Bertz CT molecular complexity index is 481. The van der Waals surface area contributed by atoms with Crippen molar-refractivity contribution in [3.63, 3.8) is 0 Å². The van der Waals surface area contributed by atoms with Crippen molar-refractivity contribution >= 4 is 0 Å². The molecular formula is C27H46O2. The maximum absolute atomic E-state index is 5.81. The van der Waals surface area contributed by atoms with Crippen LogP contribution in [0.4, 0.5) is 0 Å². The van der Waals surface area contributed by atoms with E-state index in [9.17, 15) is 0 Å². The average molecular weight is 403 g/mol. The number of methoxy groups -OCH3 is 2. The minimum absolute atomic E-state index is 0.540. The first-order chi connectivity index (χ1) is 14.3. The van der Waals surface area contributed by atoms with Gasteiger partial charge < -0.3 is 9.47 Å². The Kier molecular flexibility index (Phi) is 6.32. The van der Waals surface area contributed by atoms with Gasteiger partial charge in [-0.2, -0.15) is 0 Å². The largest absolute Gasteiger partial charge is 0.381 e. The molecule has 0 aromatic rings. The molecule has 5 aliphatic rings. The summed E-state index contributed by atoms with van der Waals surface area (Å²) in [4.78, 5) is 0. The third kappa shape index (κ3) is 3.43. The maximum atomic E-state index is 5.81. The van der Waals surface area contributed by atoms with Gasteiger partial charge in [-0.25, -0.2) is 0 Å². The SMILES string of the molecule is COC1CCC(C2(C3CCC(OC)CC3)C3CCCCC3C3CCCCC32)CC1. The lowest BCUT2D eigenvalue weighted by atomic mass is 9.48. The van der Waals surface area contributed by atoms with Gasteiger partial charge in [-0.15, -0.1) is 0 Å². The molecule has 2 nitrogen and oxygen atoms in total. The Hall–Kier alpha value is -0.0800. The Morgan fingerprint density at radius 1 is 0.483 bits per heavy atom. The topological polar surface area (TPSA) is 18.5 Å². The molecule has 5 fully saturated rings. The lowest BCUT2D eigenvalue weighted by molar-refractivity contribution is -0.0977. The molecule has 0 spiro atoms. The number of rotatable bonds is 4. The third-order valence-corrected chi connectivity index (χ3v) is 10.9. The quantitative estimate of drug-likeness (QED) is 0.503. The molecule has 4 unspecified atom stereocenters. The van der Waals surface area contributed by atoms with Crippen molar-refractivity contribution in [1.82, 2.24) is 0 Å². The molecule has 0 heterocycles. The van der Waals surface area contributed by atoms with Gasteiger partial charge in [-0.05, 0) is 118 Å². The van der Waals surface area contributed by atoms with Crippen LogP contribution in [-0.4, -0.2) is 26.4 Å². The molecule has 5 rings (SSSR count). The van der Waals surface area contributed by atoms with Crippen LogP contribution in [0.5, 0.6) is 0 Å². The van der Waals surface area contributed by atoms with Crippen molar-refractivity contribution in [2.45, 2.75) is 115 Å². The van der Waals surface area contributed by atoms with Crippen LogP contribution in [0.25, 0.3) is 0 Å². The highest BCUT2D eigenvalue weighted by atomic mass is 16.5. The van der Waals surface area contributed by atoms with Crippen molar-refractivity contribution < 1.29 is 9.47 Å². The van der Waals surface area contributed by atoms with Crippen LogP contribution in [0.1, 0.15) is 103 Å². The first-order valence-corrected chi connectivity index (χ1v) is 13.3. The van der Waals surface area contributed by atoms with Crippen LogP contribution in [0, 0.1) is 40.9 Å². The lowest BCUT2D eigenvalue weighted by Crippen LogP contribution is -2.50. The van der Waals surface area contributed by atoms with E-state index in [1.165, 1.54) is 77.0 Å². The van der Waals surface area contributed by atoms with Gasteiger partial charge in [-0.1, -0.05) is 25.7 Å². The highest BCUT2D eigenvalue weighted by molar-refractivity contribution is 5.13. The van der Waals surface area contributed by atoms with E-state index in [0.717, 1.165) is 35.5 Å². The van der Waals surface area contributed by atoms with E-state index >= 15 is 0 Å². The molecule has 5 saturated carbocycles. The molecule has 0 amide bonds. The minimum atomic E-state index is 0.540. The van der Waals surface area contributed by atoms with E-state index < -0.39 is 0 Å². The predicted octanol–water partition coefficient (Wildman–Crippen LogP) is 7.01. The summed E-state index contributed by atoms with van der Waals surface area (Å²) in [5, 5.41) is 0. The molecule has 166 valence electrons. The maximum Gasteiger partial charge on any atom is 0.0571 e. The summed E-state index contributed by atoms with van der Waals surface area (Å²) in [6, 6.07) is 0. The standard InChI is InChI=1S/C27H46O2/c1-28-21-15-11-19(12-16-21)27(20-13-17-22(29-2)18-14-20)25-9-5-3-7-23(25)24-8-4-6-10-26(24)27/h19-26H,3-18H2,1-2H3. The number of fused-ring (bicyclic) bond motifs is 3.